The van der Waals surface area contributed by atoms with Crippen LogP contribution in [0.5, 0.6) is 0 Å². The van der Waals surface area contributed by atoms with Gasteiger partial charge in [0.15, 0.2) is 5.76 Å². The lowest BCUT2D eigenvalue weighted by Gasteiger charge is -2.16. The first kappa shape index (κ1) is 14.9. The summed E-state index contributed by atoms with van der Waals surface area (Å²) in [6, 6.07) is 21.4. The van der Waals surface area contributed by atoms with Crippen LogP contribution < -0.4 is 10.6 Å². The number of anilines is 2. The van der Waals surface area contributed by atoms with Gasteiger partial charge in [0.2, 0.25) is 0 Å². The van der Waals surface area contributed by atoms with Crippen LogP contribution in [0.4, 0.5) is 11.4 Å². The highest BCUT2D eigenvalue weighted by molar-refractivity contribution is 6.02. The second-order valence-corrected chi connectivity index (χ2v) is 5.29. The Kier molecular flexibility index (Phi) is 4.43. The lowest BCUT2D eigenvalue weighted by atomic mass is 10.1. The number of amides is 1. The molecule has 0 aliphatic rings. The number of hydrogen-bond donors (Lipinski definition) is 2. The summed E-state index contributed by atoms with van der Waals surface area (Å²) in [6.45, 7) is 2.11. The zero-order valence-corrected chi connectivity index (χ0v) is 12.8. The minimum Gasteiger partial charge on any atom is -0.459 e. The van der Waals surface area contributed by atoms with Crippen molar-refractivity contribution in [3.8, 4) is 0 Å². The van der Waals surface area contributed by atoms with Crippen molar-refractivity contribution in [2.75, 3.05) is 10.6 Å². The SMILES string of the molecule is CC(Nc1ccc(NC(=O)c2ccco2)cc1)c1ccccc1. The highest BCUT2D eigenvalue weighted by Gasteiger charge is 2.09. The van der Waals surface area contributed by atoms with E-state index in [0.29, 0.717) is 5.76 Å². The van der Waals surface area contributed by atoms with Gasteiger partial charge in [-0.1, -0.05) is 30.3 Å². The smallest absolute Gasteiger partial charge is 0.291 e. The molecule has 2 aromatic carbocycles. The van der Waals surface area contributed by atoms with Crippen molar-refractivity contribution < 1.29 is 9.21 Å². The fourth-order valence-electron chi connectivity index (χ4n) is 2.33. The van der Waals surface area contributed by atoms with E-state index in [1.165, 1.54) is 11.8 Å². The third-order valence-corrected chi connectivity index (χ3v) is 3.57. The van der Waals surface area contributed by atoms with Crippen LogP contribution in [-0.2, 0) is 0 Å². The second kappa shape index (κ2) is 6.83. The third kappa shape index (κ3) is 3.80. The maximum Gasteiger partial charge on any atom is 0.291 e. The van der Waals surface area contributed by atoms with Crippen molar-refractivity contribution in [3.05, 3.63) is 84.3 Å². The van der Waals surface area contributed by atoms with Crippen LogP contribution in [0.1, 0.15) is 29.1 Å². The molecule has 0 radical (unpaired) electrons. The van der Waals surface area contributed by atoms with Crippen LogP contribution in [0.3, 0.4) is 0 Å². The van der Waals surface area contributed by atoms with E-state index in [0.717, 1.165) is 11.4 Å². The Bertz CT molecular complexity index is 750. The molecular formula is C19H18N2O2. The number of carbonyl (C=O) groups is 1. The van der Waals surface area contributed by atoms with Gasteiger partial charge in [0.05, 0.1) is 6.26 Å². The molecular weight excluding hydrogens is 288 g/mol. The van der Waals surface area contributed by atoms with Gasteiger partial charge in [-0.25, -0.2) is 0 Å². The molecule has 23 heavy (non-hydrogen) atoms. The highest BCUT2D eigenvalue weighted by atomic mass is 16.3. The van der Waals surface area contributed by atoms with Crippen LogP contribution in [0.15, 0.2) is 77.4 Å². The summed E-state index contributed by atoms with van der Waals surface area (Å²) in [5, 5.41) is 6.23. The molecule has 0 saturated heterocycles. The predicted octanol–water partition coefficient (Wildman–Crippen LogP) is 4.71. The predicted molar refractivity (Wildman–Crippen MR) is 91.6 cm³/mol. The number of hydrogen-bond acceptors (Lipinski definition) is 3. The average Bonchev–Trinajstić information content (AvgIpc) is 3.12. The zero-order chi connectivity index (χ0) is 16.1. The Hall–Kier alpha value is -3.01. The molecule has 0 bridgehead atoms. The lowest BCUT2D eigenvalue weighted by molar-refractivity contribution is 0.0996. The third-order valence-electron chi connectivity index (χ3n) is 3.57. The first-order valence-corrected chi connectivity index (χ1v) is 7.49. The van der Waals surface area contributed by atoms with Gasteiger partial charge in [0.1, 0.15) is 0 Å². The molecule has 0 fully saturated rings. The van der Waals surface area contributed by atoms with Crippen molar-refractivity contribution in [2.45, 2.75) is 13.0 Å². The minimum absolute atomic E-state index is 0.208. The Morgan fingerprint density at radius 2 is 1.61 bits per heavy atom. The van der Waals surface area contributed by atoms with Crippen LogP contribution in [0, 0.1) is 0 Å². The fourth-order valence-corrected chi connectivity index (χ4v) is 2.33. The summed E-state index contributed by atoms with van der Waals surface area (Å²) in [5.74, 6) is 0.0401. The fraction of sp³-hybridized carbons (Fsp3) is 0.105. The molecule has 116 valence electrons. The molecule has 0 aliphatic carbocycles. The number of nitrogens with one attached hydrogen (secondary N) is 2. The van der Waals surface area contributed by atoms with E-state index in [9.17, 15) is 4.79 Å². The quantitative estimate of drug-likeness (QED) is 0.718. The lowest BCUT2D eigenvalue weighted by Crippen LogP contribution is -2.11. The van der Waals surface area contributed by atoms with Gasteiger partial charge in [0, 0.05) is 17.4 Å². The summed E-state index contributed by atoms with van der Waals surface area (Å²) in [5.41, 5.74) is 2.95. The van der Waals surface area contributed by atoms with Crippen LogP contribution in [-0.4, -0.2) is 5.91 Å². The van der Waals surface area contributed by atoms with Crippen LogP contribution in [0.2, 0.25) is 0 Å². The highest BCUT2D eigenvalue weighted by Crippen LogP contribution is 2.21. The van der Waals surface area contributed by atoms with Gasteiger partial charge >= 0.3 is 0 Å². The maximum atomic E-state index is 11.9. The summed E-state index contributed by atoms with van der Waals surface area (Å²) in [4.78, 5) is 11.9. The second-order valence-electron chi connectivity index (χ2n) is 5.29. The van der Waals surface area contributed by atoms with Gasteiger partial charge in [0.25, 0.3) is 5.91 Å². The monoisotopic (exact) mass is 306 g/mol. The number of rotatable bonds is 5. The molecule has 0 aliphatic heterocycles. The first-order chi connectivity index (χ1) is 11.2. The molecule has 1 atom stereocenters. The Morgan fingerprint density at radius 3 is 2.26 bits per heavy atom. The molecule has 3 rings (SSSR count). The topological polar surface area (TPSA) is 54.3 Å². The molecule has 4 heteroatoms. The van der Waals surface area contributed by atoms with E-state index in [4.69, 9.17) is 4.42 Å². The summed E-state index contributed by atoms with van der Waals surface area (Å²) in [7, 11) is 0. The van der Waals surface area contributed by atoms with E-state index >= 15 is 0 Å². The van der Waals surface area contributed by atoms with E-state index in [-0.39, 0.29) is 11.9 Å². The molecule has 0 saturated carbocycles. The summed E-state index contributed by atoms with van der Waals surface area (Å²) >= 11 is 0. The largest absolute Gasteiger partial charge is 0.459 e. The first-order valence-electron chi connectivity index (χ1n) is 7.49. The Balaban J connectivity index is 1.62. The van der Waals surface area contributed by atoms with Crippen LogP contribution in [0.25, 0.3) is 0 Å². The van der Waals surface area contributed by atoms with Gasteiger partial charge in [-0.3, -0.25) is 4.79 Å². The Labute approximate surface area is 135 Å². The van der Waals surface area contributed by atoms with E-state index in [1.54, 1.807) is 12.1 Å². The van der Waals surface area contributed by atoms with Crippen molar-refractivity contribution >= 4 is 17.3 Å². The number of furan rings is 1. The van der Waals surface area contributed by atoms with Gasteiger partial charge < -0.3 is 15.1 Å². The average molecular weight is 306 g/mol. The summed E-state index contributed by atoms with van der Waals surface area (Å²) in [6.07, 6.45) is 1.48. The molecule has 3 aromatic rings. The standard InChI is InChI=1S/C19H18N2O2/c1-14(15-6-3-2-4-7-15)20-16-9-11-17(12-10-16)21-19(22)18-8-5-13-23-18/h2-14,20H,1H3,(H,21,22). The normalized spacial score (nSPS) is 11.7. The molecule has 2 N–H and O–H groups in total. The van der Waals surface area contributed by atoms with Crippen molar-refractivity contribution in [1.29, 1.82) is 0 Å². The minimum atomic E-state index is -0.256. The zero-order valence-electron chi connectivity index (χ0n) is 12.8. The van der Waals surface area contributed by atoms with E-state index < -0.39 is 0 Å². The number of benzene rings is 2. The van der Waals surface area contributed by atoms with Gasteiger partial charge in [-0.15, -0.1) is 0 Å². The van der Waals surface area contributed by atoms with E-state index in [1.807, 2.05) is 42.5 Å². The molecule has 0 spiro atoms. The molecule has 1 amide bonds. The molecule has 1 heterocycles. The number of carbonyl (C=O) groups excluding carboxylic acids is 1. The van der Waals surface area contributed by atoms with Crippen molar-refractivity contribution in [1.82, 2.24) is 0 Å². The molecule has 1 aromatic heterocycles. The Morgan fingerprint density at radius 1 is 0.913 bits per heavy atom. The molecule has 1 unspecified atom stereocenters. The molecule has 4 nitrogen and oxygen atoms in total. The van der Waals surface area contributed by atoms with Crippen molar-refractivity contribution in [3.63, 3.8) is 0 Å². The summed E-state index contributed by atoms with van der Waals surface area (Å²) < 4.78 is 5.07. The van der Waals surface area contributed by atoms with Gasteiger partial charge in [-0.2, -0.15) is 0 Å². The van der Waals surface area contributed by atoms with E-state index in [2.05, 4.69) is 29.7 Å². The van der Waals surface area contributed by atoms with Crippen LogP contribution >= 0.6 is 0 Å². The van der Waals surface area contributed by atoms with Gasteiger partial charge in [-0.05, 0) is 48.9 Å². The maximum absolute atomic E-state index is 11.9. The van der Waals surface area contributed by atoms with Crippen molar-refractivity contribution in [2.24, 2.45) is 0 Å².